The lowest BCUT2D eigenvalue weighted by Gasteiger charge is -2.48. The number of piperidine rings is 1. The van der Waals surface area contributed by atoms with Crippen molar-refractivity contribution in [3.05, 3.63) is 17.5 Å². The number of carbonyl (C=O) groups excluding carboxylic acids is 1. The van der Waals surface area contributed by atoms with Crippen molar-refractivity contribution in [2.24, 2.45) is 0 Å². The van der Waals surface area contributed by atoms with Gasteiger partial charge in [-0.15, -0.1) is 0 Å². The van der Waals surface area contributed by atoms with Gasteiger partial charge >= 0.3 is 0 Å². The molecule has 3 heterocycles. The molecule has 16 heavy (non-hydrogen) atoms. The maximum absolute atomic E-state index is 12.3. The van der Waals surface area contributed by atoms with E-state index in [0.717, 1.165) is 19.5 Å². The van der Waals surface area contributed by atoms with Crippen LogP contribution in [-0.4, -0.2) is 41.1 Å². The van der Waals surface area contributed by atoms with Gasteiger partial charge in [0.05, 0.1) is 12.2 Å². The standard InChI is InChI=1S/C11H15N3O2/c1-7-8(5-13-16-7)11(15)14-4-2-3-9-10(14)6-12-9/h5,9-10,12H,2-4,6H2,1H3. The van der Waals surface area contributed by atoms with E-state index < -0.39 is 0 Å². The smallest absolute Gasteiger partial charge is 0.259 e. The molecule has 0 radical (unpaired) electrons. The van der Waals surface area contributed by atoms with Gasteiger partial charge in [-0.05, 0) is 19.8 Å². The van der Waals surface area contributed by atoms with Crippen LogP contribution in [0.4, 0.5) is 0 Å². The van der Waals surface area contributed by atoms with Gasteiger partial charge in [0, 0.05) is 19.1 Å². The summed E-state index contributed by atoms with van der Waals surface area (Å²) < 4.78 is 4.94. The van der Waals surface area contributed by atoms with E-state index in [1.54, 1.807) is 6.92 Å². The van der Waals surface area contributed by atoms with Crippen LogP contribution in [0.15, 0.2) is 10.7 Å². The monoisotopic (exact) mass is 221 g/mol. The van der Waals surface area contributed by atoms with Crippen LogP contribution in [-0.2, 0) is 0 Å². The summed E-state index contributed by atoms with van der Waals surface area (Å²) in [5.41, 5.74) is 0.604. The highest BCUT2D eigenvalue weighted by atomic mass is 16.5. The van der Waals surface area contributed by atoms with Gasteiger partial charge in [-0.2, -0.15) is 0 Å². The van der Waals surface area contributed by atoms with Gasteiger partial charge in [0.1, 0.15) is 11.3 Å². The number of nitrogens with zero attached hydrogens (tertiary/aromatic N) is 2. The molecule has 5 nitrogen and oxygen atoms in total. The van der Waals surface area contributed by atoms with E-state index in [0.29, 0.717) is 23.4 Å². The van der Waals surface area contributed by atoms with Crippen molar-refractivity contribution in [3.63, 3.8) is 0 Å². The van der Waals surface area contributed by atoms with Crippen LogP contribution in [0.3, 0.4) is 0 Å². The lowest BCUT2D eigenvalue weighted by Crippen LogP contribution is -2.68. The van der Waals surface area contributed by atoms with Gasteiger partial charge in [0.2, 0.25) is 0 Å². The third-order valence-corrected chi connectivity index (χ3v) is 3.61. The zero-order chi connectivity index (χ0) is 11.1. The van der Waals surface area contributed by atoms with Crippen LogP contribution >= 0.6 is 0 Å². The molecule has 0 aliphatic carbocycles. The largest absolute Gasteiger partial charge is 0.361 e. The summed E-state index contributed by atoms with van der Waals surface area (Å²) in [7, 11) is 0. The number of aromatic nitrogens is 1. The van der Waals surface area contributed by atoms with Crippen molar-refractivity contribution in [2.75, 3.05) is 13.1 Å². The first-order valence-electron chi connectivity index (χ1n) is 5.73. The van der Waals surface area contributed by atoms with E-state index in [-0.39, 0.29) is 5.91 Å². The first kappa shape index (κ1) is 9.84. The third-order valence-electron chi connectivity index (χ3n) is 3.61. The minimum atomic E-state index is 0.0648. The Hall–Kier alpha value is -1.36. The van der Waals surface area contributed by atoms with Crippen LogP contribution in [0.5, 0.6) is 0 Å². The fraction of sp³-hybridized carbons (Fsp3) is 0.636. The number of carbonyl (C=O) groups is 1. The van der Waals surface area contributed by atoms with Crippen LogP contribution in [0, 0.1) is 6.92 Å². The molecule has 5 heteroatoms. The van der Waals surface area contributed by atoms with Crippen molar-refractivity contribution in [1.82, 2.24) is 15.4 Å². The third kappa shape index (κ3) is 1.35. The van der Waals surface area contributed by atoms with Crippen LogP contribution in [0.2, 0.25) is 0 Å². The first-order valence-corrected chi connectivity index (χ1v) is 5.73. The molecule has 3 rings (SSSR count). The molecule has 1 amide bonds. The molecule has 2 fully saturated rings. The Labute approximate surface area is 93.8 Å². The topological polar surface area (TPSA) is 58.4 Å². The van der Waals surface area contributed by atoms with Gasteiger partial charge in [-0.25, -0.2) is 0 Å². The number of likely N-dealkylation sites (tertiary alicyclic amines) is 1. The fourth-order valence-corrected chi connectivity index (χ4v) is 2.57. The zero-order valence-electron chi connectivity index (χ0n) is 9.27. The van der Waals surface area contributed by atoms with E-state index in [1.165, 1.54) is 12.6 Å². The van der Waals surface area contributed by atoms with Gasteiger partial charge in [-0.3, -0.25) is 4.79 Å². The maximum Gasteiger partial charge on any atom is 0.259 e. The van der Waals surface area contributed by atoms with E-state index in [4.69, 9.17) is 4.52 Å². The molecule has 2 atom stereocenters. The van der Waals surface area contributed by atoms with E-state index in [9.17, 15) is 4.79 Å². The number of amides is 1. The van der Waals surface area contributed by atoms with Gasteiger partial charge in [0.25, 0.3) is 5.91 Å². The summed E-state index contributed by atoms with van der Waals surface area (Å²) in [6, 6.07) is 0.869. The maximum atomic E-state index is 12.3. The number of hydrogen-bond donors (Lipinski definition) is 1. The molecule has 0 spiro atoms. The average molecular weight is 221 g/mol. The SMILES string of the molecule is Cc1oncc1C(=O)N1CCCC2NCC21. The second kappa shape index (κ2) is 3.59. The molecule has 0 aromatic carbocycles. The Balaban J connectivity index is 1.82. The molecule has 1 aromatic heterocycles. The summed E-state index contributed by atoms with van der Waals surface area (Å²) in [6.45, 7) is 3.55. The second-order valence-electron chi connectivity index (χ2n) is 4.52. The quantitative estimate of drug-likeness (QED) is 0.752. The number of nitrogens with one attached hydrogen (secondary N) is 1. The Morgan fingerprint density at radius 1 is 1.69 bits per heavy atom. The van der Waals surface area contributed by atoms with Gasteiger partial charge in [-0.1, -0.05) is 5.16 Å². The summed E-state index contributed by atoms with van der Waals surface area (Å²) in [5.74, 6) is 0.675. The van der Waals surface area contributed by atoms with Gasteiger partial charge < -0.3 is 14.7 Å². The van der Waals surface area contributed by atoms with Crippen molar-refractivity contribution < 1.29 is 9.32 Å². The molecule has 2 aliphatic rings. The molecular weight excluding hydrogens is 206 g/mol. The Morgan fingerprint density at radius 2 is 2.56 bits per heavy atom. The molecule has 2 saturated heterocycles. The molecule has 2 aliphatic heterocycles. The van der Waals surface area contributed by atoms with Crippen molar-refractivity contribution >= 4 is 5.91 Å². The molecule has 1 aromatic rings. The molecular formula is C11H15N3O2. The minimum absolute atomic E-state index is 0.0648. The highest BCUT2D eigenvalue weighted by molar-refractivity contribution is 5.95. The van der Waals surface area contributed by atoms with Crippen molar-refractivity contribution in [2.45, 2.75) is 31.8 Å². The molecule has 2 unspecified atom stereocenters. The van der Waals surface area contributed by atoms with Crippen molar-refractivity contribution in [1.29, 1.82) is 0 Å². The van der Waals surface area contributed by atoms with E-state index >= 15 is 0 Å². The van der Waals surface area contributed by atoms with Crippen LogP contribution < -0.4 is 5.32 Å². The summed E-state index contributed by atoms with van der Waals surface area (Å²) in [4.78, 5) is 14.2. The summed E-state index contributed by atoms with van der Waals surface area (Å²) >= 11 is 0. The van der Waals surface area contributed by atoms with E-state index in [2.05, 4.69) is 10.5 Å². The normalized spacial score (nSPS) is 28.4. The number of hydrogen-bond acceptors (Lipinski definition) is 4. The predicted octanol–water partition coefficient (Wildman–Crippen LogP) is 0.559. The number of rotatable bonds is 1. The van der Waals surface area contributed by atoms with E-state index in [1.807, 2.05) is 4.90 Å². The Bertz CT molecular complexity index is 415. The lowest BCUT2D eigenvalue weighted by atomic mass is 9.89. The van der Waals surface area contributed by atoms with Crippen LogP contribution in [0.1, 0.15) is 29.0 Å². The van der Waals surface area contributed by atoms with Crippen molar-refractivity contribution in [3.8, 4) is 0 Å². The number of fused-ring (bicyclic) bond motifs is 1. The molecule has 0 saturated carbocycles. The summed E-state index contributed by atoms with van der Waals surface area (Å²) in [6.07, 6.45) is 3.77. The minimum Gasteiger partial charge on any atom is -0.361 e. The molecule has 0 bridgehead atoms. The number of aryl methyl sites for hydroxylation is 1. The molecule has 86 valence electrons. The van der Waals surface area contributed by atoms with Gasteiger partial charge in [0.15, 0.2) is 0 Å². The van der Waals surface area contributed by atoms with Crippen LogP contribution in [0.25, 0.3) is 0 Å². The Kier molecular flexibility index (Phi) is 2.21. The fourth-order valence-electron chi connectivity index (χ4n) is 2.57. The summed E-state index contributed by atoms with van der Waals surface area (Å²) in [5, 5.41) is 7.02. The first-order chi connectivity index (χ1) is 7.77. The highest BCUT2D eigenvalue weighted by Crippen LogP contribution is 2.25. The lowest BCUT2D eigenvalue weighted by molar-refractivity contribution is 0.0364. The Morgan fingerprint density at radius 3 is 3.19 bits per heavy atom. The zero-order valence-corrected chi connectivity index (χ0v) is 9.27. The predicted molar refractivity (Wildman–Crippen MR) is 57.1 cm³/mol. The second-order valence-corrected chi connectivity index (χ2v) is 4.52. The average Bonchev–Trinajstić information content (AvgIpc) is 2.65. The highest BCUT2D eigenvalue weighted by Gasteiger charge is 2.40. The molecule has 1 N–H and O–H groups in total.